The molecule has 7 heteroatoms. The number of hydrogen-bond acceptors (Lipinski definition) is 3. The first-order chi connectivity index (χ1) is 11.9. The molecule has 0 aliphatic carbocycles. The van der Waals surface area contributed by atoms with Crippen LogP contribution in [-0.4, -0.2) is 27.4 Å². The monoisotopic (exact) mass is 380 g/mol. The van der Waals surface area contributed by atoms with Gasteiger partial charge in [0.1, 0.15) is 6.54 Å². The predicted molar refractivity (Wildman–Crippen MR) is 100 cm³/mol. The lowest BCUT2D eigenvalue weighted by Gasteiger charge is -2.24. The van der Waals surface area contributed by atoms with Crippen molar-refractivity contribution in [2.24, 2.45) is 0 Å². The second-order valence-electron chi connectivity index (χ2n) is 5.61. The molecule has 0 unspecified atom stereocenters. The van der Waals surface area contributed by atoms with Gasteiger partial charge in [0, 0.05) is 11.6 Å². The van der Waals surface area contributed by atoms with E-state index in [1.54, 1.807) is 36.4 Å². The number of carbonyl (C=O) groups is 1. The topological polar surface area (TPSA) is 66.5 Å². The fraction of sp³-hybridized carbons (Fsp3) is 0.278. The zero-order chi connectivity index (χ0) is 18.4. The molecule has 2 rings (SSSR count). The minimum absolute atomic E-state index is 0.120. The van der Waals surface area contributed by atoms with E-state index >= 15 is 0 Å². The number of hydrogen-bond donors (Lipinski definition) is 1. The molecule has 1 N–H and O–H groups in total. The van der Waals surface area contributed by atoms with Crippen molar-refractivity contribution in [3.63, 3.8) is 0 Å². The van der Waals surface area contributed by atoms with Gasteiger partial charge in [-0.1, -0.05) is 42.8 Å². The minimum Gasteiger partial charge on any atom is -0.355 e. The van der Waals surface area contributed by atoms with Gasteiger partial charge in [0.25, 0.3) is 10.0 Å². The molecule has 0 fully saturated rings. The Balaban J connectivity index is 2.44. The quantitative estimate of drug-likeness (QED) is 0.800. The maximum atomic E-state index is 13.0. The number of benzene rings is 2. The average Bonchev–Trinajstić information content (AvgIpc) is 2.61. The molecular weight excluding hydrogens is 360 g/mol. The van der Waals surface area contributed by atoms with Crippen molar-refractivity contribution in [2.45, 2.75) is 25.2 Å². The van der Waals surface area contributed by atoms with Crippen LogP contribution in [0, 0.1) is 6.92 Å². The maximum Gasteiger partial charge on any atom is 0.264 e. The van der Waals surface area contributed by atoms with E-state index in [-0.39, 0.29) is 17.3 Å². The molecule has 0 heterocycles. The second-order valence-corrected chi connectivity index (χ2v) is 7.88. The Morgan fingerprint density at radius 3 is 2.44 bits per heavy atom. The van der Waals surface area contributed by atoms with E-state index in [1.165, 1.54) is 12.1 Å². The van der Waals surface area contributed by atoms with Gasteiger partial charge >= 0.3 is 0 Å². The number of aryl methyl sites for hydroxylation is 1. The first kappa shape index (κ1) is 19.3. The zero-order valence-electron chi connectivity index (χ0n) is 14.2. The van der Waals surface area contributed by atoms with Crippen LogP contribution in [0.4, 0.5) is 5.69 Å². The molecule has 0 saturated heterocycles. The molecule has 2 aromatic carbocycles. The Morgan fingerprint density at radius 2 is 1.84 bits per heavy atom. The van der Waals surface area contributed by atoms with Crippen molar-refractivity contribution < 1.29 is 13.2 Å². The maximum absolute atomic E-state index is 13.0. The van der Waals surface area contributed by atoms with Gasteiger partial charge in [-0.05, 0) is 43.2 Å². The average molecular weight is 381 g/mol. The fourth-order valence-electron chi connectivity index (χ4n) is 2.22. The smallest absolute Gasteiger partial charge is 0.264 e. The SMILES string of the molecule is CCCNC(=O)CN(c1ccc(C)c(Cl)c1)S(=O)(=O)c1ccccc1. The van der Waals surface area contributed by atoms with E-state index in [9.17, 15) is 13.2 Å². The number of rotatable bonds is 7. The van der Waals surface area contributed by atoms with Gasteiger partial charge in [-0.15, -0.1) is 0 Å². The Labute approximate surface area is 153 Å². The highest BCUT2D eigenvalue weighted by Gasteiger charge is 2.27. The van der Waals surface area contributed by atoms with Crippen LogP contribution in [0.2, 0.25) is 5.02 Å². The lowest BCUT2D eigenvalue weighted by atomic mass is 10.2. The summed E-state index contributed by atoms with van der Waals surface area (Å²) in [5.41, 5.74) is 1.18. The molecule has 0 aliphatic heterocycles. The molecular formula is C18H21ClN2O3S. The van der Waals surface area contributed by atoms with Crippen molar-refractivity contribution in [1.29, 1.82) is 0 Å². The lowest BCUT2D eigenvalue weighted by molar-refractivity contribution is -0.119. The number of amides is 1. The van der Waals surface area contributed by atoms with Gasteiger partial charge in [-0.3, -0.25) is 9.10 Å². The van der Waals surface area contributed by atoms with Crippen molar-refractivity contribution in [2.75, 3.05) is 17.4 Å². The van der Waals surface area contributed by atoms with E-state index < -0.39 is 10.0 Å². The summed E-state index contributed by atoms with van der Waals surface area (Å²) in [7, 11) is -3.89. The molecule has 0 aromatic heterocycles. The van der Waals surface area contributed by atoms with Gasteiger partial charge in [-0.2, -0.15) is 0 Å². The Kier molecular flexibility index (Phi) is 6.45. The van der Waals surface area contributed by atoms with Crippen LogP contribution < -0.4 is 9.62 Å². The molecule has 2 aromatic rings. The summed E-state index contributed by atoms with van der Waals surface area (Å²) in [6.45, 7) is 3.94. The van der Waals surface area contributed by atoms with E-state index in [2.05, 4.69) is 5.32 Å². The number of sulfonamides is 1. The molecule has 0 aliphatic rings. The summed E-state index contributed by atoms with van der Waals surface area (Å²) in [6.07, 6.45) is 0.771. The lowest BCUT2D eigenvalue weighted by Crippen LogP contribution is -2.41. The number of anilines is 1. The highest BCUT2D eigenvalue weighted by atomic mass is 35.5. The highest BCUT2D eigenvalue weighted by molar-refractivity contribution is 7.92. The normalized spacial score (nSPS) is 11.2. The number of carbonyl (C=O) groups excluding carboxylic acids is 1. The molecule has 25 heavy (non-hydrogen) atoms. The summed E-state index contributed by atoms with van der Waals surface area (Å²) in [4.78, 5) is 12.3. The van der Waals surface area contributed by atoms with Gasteiger partial charge in [0.15, 0.2) is 0 Å². The Morgan fingerprint density at radius 1 is 1.16 bits per heavy atom. The summed E-state index contributed by atoms with van der Waals surface area (Å²) in [5, 5.41) is 3.15. The summed E-state index contributed by atoms with van der Waals surface area (Å²) in [6, 6.07) is 13.0. The fourth-order valence-corrected chi connectivity index (χ4v) is 3.83. The van der Waals surface area contributed by atoms with Gasteiger partial charge in [0.2, 0.25) is 5.91 Å². The third kappa shape index (κ3) is 4.74. The van der Waals surface area contributed by atoms with Crippen molar-refractivity contribution >= 4 is 33.2 Å². The summed E-state index contributed by atoms with van der Waals surface area (Å²) in [5.74, 6) is -0.363. The largest absolute Gasteiger partial charge is 0.355 e. The molecule has 5 nitrogen and oxygen atoms in total. The van der Waals surface area contributed by atoms with Crippen LogP contribution >= 0.6 is 11.6 Å². The van der Waals surface area contributed by atoms with Gasteiger partial charge in [0.05, 0.1) is 10.6 Å². The third-order valence-electron chi connectivity index (χ3n) is 3.63. The molecule has 0 radical (unpaired) electrons. The first-order valence-corrected chi connectivity index (χ1v) is 9.78. The van der Waals surface area contributed by atoms with E-state index in [0.717, 1.165) is 16.3 Å². The molecule has 0 bridgehead atoms. The van der Waals surface area contributed by atoms with Crippen molar-refractivity contribution in [3.8, 4) is 0 Å². The predicted octanol–water partition coefficient (Wildman–Crippen LogP) is 3.37. The number of nitrogens with one attached hydrogen (secondary N) is 1. The van der Waals surface area contributed by atoms with Gasteiger partial charge in [-0.25, -0.2) is 8.42 Å². The highest BCUT2D eigenvalue weighted by Crippen LogP contribution is 2.27. The van der Waals surface area contributed by atoms with Crippen LogP contribution in [0.5, 0.6) is 0 Å². The summed E-state index contributed by atoms with van der Waals surface area (Å²) >= 11 is 6.15. The second kappa shape index (κ2) is 8.36. The van der Waals surface area contributed by atoms with Crippen LogP contribution in [0.25, 0.3) is 0 Å². The van der Waals surface area contributed by atoms with Crippen LogP contribution in [0.1, 0.15) is 18.9 Å². The molecule has 0 atom stereocenters. The minimum atomic E-state index is -3.89. The number of halogens is 1. The standard InChI is InChI=1S/C18H21ClN2O3S/c1-3-11-20-18(22)13-21(15-10-9-14(2)17(19)12-15)25(23,24)16-7-5-4-6-8-16/h4-10,12H,3,11,13H2,1-2H3,(H,20,22). The first-order valence-electron chi connectivity index (χ1n) is 7.97. The van der Waals surface area contributed by atoms with E-state index in [0.29, 0.717) is 17.3 Å². The van der Waals surface area contributed by atoms with Crippen molar-refractivity contribution in [3.05, 3.63) is 59.1 Å². The van der Waals surface area contributed by atoms with E-state index in [4.69, 9.17) is 11.6 Å². The molecule has 0 saturated carbocycles. The van der Waals surface area contributed by atoms with Crippen molar-refractivity contribution in [1.82, 2.24) is 5.32 Å². The van der Waals surface area contributed by atoms with Crippen LogP contribution in [0.15, 0.2) is 53.4 Å². The van der Waals surface area contributed by atoms with E-state index in [1.807, 2.05) is 13.8 Å². The Hall–Kier alpha value is -2.05. The third-order valence-corrected chi connectivity index (χ3v) is 5.83. The Bertz CT molecular complexity index is 839. The van der Waals surface area contributed by atoms with Crippen LogP contribution in [0.3, 0.4) is 0 Å². The molecule has 0 spiro atoms. The van der Waals surface area contributed by atoms with Gasteiger partial charge < -0.3 is 5.32 Å². The summed E-state index contributed by atoms with van der Waals surface area (Å²) < 4.78 is 27.2. The molecule has 1 amide bonds. The number of nitrogens with zero attached hydrogens (tertiary/aromatic N) is 1. The molecule has 134 valence electrons. The zero-order valence-corrected chi connectivity index (χ0v) is 15.8. The van der Waals surface area contributed by atoms with Crippen LogP contribution in [-0.2, 0) is 14.8 Å².